The third-order valence-electron chi connectivity index (χ3n) is 2.77. The van der Waals surface area contributed by atoms with E-state index in [1.807, 2.05) is 11.3 Å². The predicted molar refractivity (Wildman–Crippen MR) is 55.0 cm³/mol. The minimum Gasteiger partial charge on any atom is -0.306 e. The van der Waals surface area contributed by atoms with Crippen molar-refractivity contribution in [3.05, 3.63) is 21.9 Å². The van der Waals surface area contributed by atoms with E-state index in [-0.39, 0.29) is 0 Å². The lowest BCUT2D eigenvalue weighted by Gasteiger charge is -2.45. The zero-order valence-electron chi connectivity index (χ0n) is 6.80. The van der Waals surface area contributed by atoms with E-state index in [0.717, 1.165) is 0 Å². The summed E-state index contributed by atoms with van der Waals surface area (Å²) in [5.74, 6) is 2.55. The number of fused-ring (bicyclic) bond motifs is 2. The van der Waals surface area contributed by atoms with Crippen molar-refractivity contribution in [1.29, 1.82) is 0 Å². The summed E-state index contributed by atoms with van der Waals surface area (Å²) in [7, 11) is 0. The topological polar surface area (TPSA) is 12.0 Å². The van der Waals surface area contributed by atoms with Crippen LogP contribution in [0.15, 0.2) is 11.4 Å². The molecule has 2 aliphatic rings. The predicted octanol–water partition coefficient (Wildman–Crippen LogP) is 1.84. The maximum Gasteiger partial charge on any atom is 0.0628 e. The molecule has 1 nitrogen and oxygen atoms in total. The van der Waals surface area contributed by atoms with E-state index < -0.39 is 0 Å². The van der Waals surface area contributed by atoms with E-state index in [4.69, 9.17) is 0 Å². The van der Waals surface area contributed by atoms with Gasteiger partial charge in [-0.2, -0.15) is 11.8 Å². The van der Waals surface area contributed by atoms with E-state index >= 15 is 0 Å². The van der Waals surface area contributed by atoms with Crippen molar-refractivity contribution in [2.24, 2.45) is 0 Å². The van der Waals surface area contributed by atoms with Crippen molar-refractivity contribution in [1.82, 2.24) is 5.32 Å². The van der Waals surface area contributed by atoms with Gasteiger partial charge in [0.2, 0.25) is 0 Å². The van der Waals surface area contributed by atoms with Crippen molar-refractivity contribution >= 4 is 23.1 Å². The van der Waals surface area contributed by atoms with Gasteiger partial charge in [-0.15, -0.1) is 11.3 Å². The molecule has 2 aliphatic heterocycles. The Labute approximate surface area is 80.6 Å². The molecule has 0 bridgehead atoms. The molecule has 3 heteroatoms. The molecule has 1 saturated heterocycles. The number of thiophene rings is 1. The zero-order chi connectivity index (χ0) is 8.02. The number of nitrogens with one attached hydrogen (secondary N) is 1. The summed E-state index contributed by atoms with van der Waals surface area (Å²) in [6, 6.07) is 2.31. The minimum absolute atomic E-state index is 0.387. The van der Waals surface area contributed by atoms with Crippen LogP contribution in [-0.2, 0) is 12.0 Å². The highest BCUT2D eigenvalue weighted by molar-refractivity contribution is 8.00. The Morgan fingerprint density at radius 2 is 2.33 bits per heavy atom. The zero-order valence-corrected chi connectivity index (χ0v) is 8.43. The van der Waals surface area contributed by atoms with Crippen molar-refractivity contribution in [2.75, 3.05) is 18.1 Å². The van der Waals surface area contributed by atoms with Gasteiger partial charge in [-0.3, -0.25) is 0 Å². The molecular weight excluding hydrogens is 186 g/mol. The smallest absolute Gasteiger partial charge is 0.0628 e. The van der Waals surface area contributed by atoms with E-state index in [9.17, 15) is 0 Å². The molecule has 0 atom stereocenters. The molecular formula is C9H11NS2. The van der Waals surface area contributed by atoms with E-state index in [1.165, 1.54) is 24.5 Å². The fraction of sp³-hybridized carbons (Fsp3) is 0.556. The van der Waals surface area contributed by atoms with Gasteiger partial charge in [-0.25, -0.2) is 0 Å². The largest absolute Gasteiger partial charge is 0.306 e. The number of rotatable bonds is 0. The molecule has 0 unspecified atom stereocenters. The Hall–Kier alpha value is 0.01000. The molecule has 1 fully saturated rings. The molecule has 1 aromatic rings. The molecule has 1 aromatic heterocycles. The van der Waals surface area contributed by atoms with Crippen molar-refractivity contribution < 1.29 is 0 Å². The summed E-state index contributed by atoms with van der Waals surface area (Å²) in [5.41, 5.74) is 1.98. The number of hydrogen-bond acceptors (Lipinski definition) is 3. The Bertz CT molecular complexity index is 301. The van der Waals surface area contributed by atoms with Gasteiger partial charge in [-0.05, 0) is 23.4 Å². The van der Waals surface area contributed by atoms with Crippen molar-refractivity contribution in [3.8, 4) is 0 Å². The maximum absolute atomic E-state index is 3.66. The van der Waals surface area contributed by atoms with Crippen LogP contribution in [-0.4, -0.2) is 18.1 Å². The van der Waals surface area contributed by atoms with Crippen LogP contribution in [0, 0.1) is 0 Å². The monoisotopic (exact) mass is 197 g/mol. The highest BCUT2D eigenvalue weighted by Gasteiger charge is 2.42. The summed E-state index contributed by atoms with van der Waals surface area (Å²) < 4.78 is 0. The van der Waals surface area contributed by atoms with Gasteiger partial charge in [0.05, 0.1) is 5.54 Å². The van der Waals surface area contributed by atoms with E-state index in [1.54, 1.807) is 10.4 Å². The van der Waals surface area contributed by atoms with Gasteiger partial charge >= 0.3 is 0 Å². The minimum atomic E-state index is 0.387. The van der Waals surface area contributed by atoms with Crippen molar-refractivity contribution in [2.45, 2.75) is 12.0 Å². The van der Waals surface area contributed by atoms with Crippen LogP contribution in [0.1, 0.15) is 10.4 Å². The summed E-state index contributed by atoms with van der Waals surface area (Å²) in [6.45, 7) is 1.17. The lowest BCUT2D eigenvalue weighted by Crippen LogP contribution is -2.55. The normalized spacial score (nSPS) is 25.0. The van der Waals surface area contributed by atoms with Gasteiger partial charge in [0.25, 0.3) is 0 Å². The molecule has 12 heavy (non-hydrogen) atoms. The van der Waals surface area contributed by atoms with E-state index in [0.29, 0.717) is 5.54 Å². The van der Waals surface area contributed by atoms with Crippen LogP contribution in [0.25, 0.3) is 0 Å². The maximum atomic E-state index is 3.66. The molecule has 1 spiro atoms. The molecule has 0 amide bonds. The van der Waals surface area contributed by atoms with Gasteiger partial charge in [0.15, 0.2) is 0 Å². The highest BCUT2D eigenvalue weighted by atomic mass is 32.2. The van der Waals surface area contributed by atoms with Gasteiger partial charge < -0.3 is 5.32 Å². The summed E-state index contributed by atoms with van der Waals surface area (Å²) in [6.07, 6.45) is 1.24. The van der Waals surface area contributed by atoms with Crippen LogP contribution < -0.4 is 5.32 Å². The number of hydrogen-bond donors (Lipinski definition) is 1. The molecule has 3 heterocycles. The number of thioether (sulfide) groups is 1. The van der Waals surface area contributed by atoms with Crippen LogP contribution in [0.2, 0.25) is 0 Å². The van der Waals surface area contributed by atoms with Crippen molar-refractivity contribution in [3.63, 3.8) is 0 Å². The summed E-state index contributed by atoms with van der Waals surface area (Å²) in [4.78, 5) is 1.62. The molecule has 0 aliphatic carbocycles. The average Bonchev–Trinajstić information content (AvgIpc) is 2.47. The molecule has 3 rings (SSSR count). The van der Waals surface area contributed by atoms with Crippen LogP contribution in [0.4, 0.5) is 0 Å². The van der Waals surface area contributed by atoms with Crippen LogP contribution in [0.3, 0.4) is 0 Å². The van der Waals surface area contributed by atoms with Gasteiger partial charge in [0.1, 0.15) is 0 Å². The Balaban J connectivity index is 2.09. The van der Waals surface area contributed by atoms with Gasteiger partial charge in [-0.1, -0.05) is 0 Å². The summed E-state index contributed by atoms with van der Waals surface area (Å²) in [5, 5.41) is 5.90. The second-order valence-electron chi connectivity index (χ2n) is 3.51. The molecule has 1 N–H and O–H groups in total. The first-order valence-corrected chi connectivity index (χ1v) is 6.34. The average molecular weight is 197 g/mol. The lowest BCUT2D eigenvalue weighted by molar-refractivity contribution is 0.381. The molecule has 0 radical (unpaired) electrons. The Morgan fingerprint density at radius 1 is 1.42 bits per heavy atom. The molecule has 0 aromatic carbocycles. The fourth-order valence-corrected chi connectivity index (χ4v) is 4.14. The first-order chi connectivity index (χ1) is 5.91. The lowest BCUT2D eigenvalue weighted by atomic mass is 9.89. The van der Waals surface area contributed by atoms with Crippen LogP contribution in [0.5, 0.6) is 0 Å². The Morgan fingerprint density at radius 3 is 3.08 bits per heavy atom. The quantitative estimate of drug-likeness (QED) is 0.681. The highest BCUT2D eigenvalue weighted by Crippen LogP contribution is 2.43. The fourth-order valence-electron chi connectivity index (χ4n) is 2.03. The molecule has 64 valence electrons. The first kappa shape index (κ1) is 7.42. The third kappa shape index (κ3) is 0.845. The first-order valence-electron chi connectivity index (χ1n) is 4.30. The molecule has 0 saturated carbocycles. The summed E-state index contributed by atoms with van der Waals surface area (Å²) >= 11 is 3.98. The van der Waals surface area contributed by atoms with Gasteiger partial charge in [0, 0.05) is 22.9 Å². The Kier molecular flexibility index (Phi) is 1.54. The van der Waals surface area contributed by atoms with E-state index in [2.05, 4.69) is 28.5 Å². The van der Waals surface area contributed by atoms with Crippen LogP contribution >= 0.6 is 23.1 Å². The second kappa shape index (κ2) is 2.50. The SMILES string of the molecule is c1cc2c(s1)CCNC21CSC1. The standard InChI is InChI=1S/C9H11NS2/c1-3-10-9(5-11-6-9)7-2-4-12-8(1)7/h2,4,10H,1,3,5-6H2. The second-order valence-corrected chi connectivity index (χ2v) is 5.50. The third-order valence-corrected chi connectivity index (χ3v) is 5.15.